The Morgan fingerprint density at radius 2 is 2.22 bits per heavy atom. The van der Waals surface area contributed by atoms with Crippen molar-refractivity contribution in [3.8, 4) is 0 Å². The van der Waals surface area contributed by atoms with Gasteiger partial charge in [-0.25, -0.2) is 4.39 Å². The van der Waals surface area contributed by atoms with Crippen LogP contribution in [-0.2, 0) is 11.2 Å². The van der Waals surface area contributed by atoms with Crippen molar-refractivity contribution in [2.75, 3.05) is 0 Å². The van der Waals surface area contributed by atoms with Gasteiger partial charge in [0.05, 0.1) is 5.52 Å². The Bertz CT molecular complexity index is 666. The van der Waals surface area contributed by atoms with Gasteiger partial charge in [-0.05, 0) is 12.1 Å². The van der Waals surface area contributed by atoms with Crippen LogP contribution in [0.4, 0.5) is 4.39 Å². The van der Waals surface area contributed by atoms with E-state index in [0.29, 0.717) is 5.39 Å². The lowest BCUT2D eigenvalue weighted by molar-refractivity contribution is -0.138. The average molecular weight is 250 g/mol. The van der Waals surface area contributed by atoms with Gasteiger partial charge >= 0.3 is 5.97 Å². The highest BCUT2D eigenvalue weighted by molar-refractivity contribution is 5.80. The summed E-state index contributed by atoms with van der Waals surface area (Å²) in [5.41, 5.74) is 5.17. The quantitative estimate of drug-likeness (QED) is 0.744. The van der Waals surface area contributed by atoms with Crippen molar-refractivity contribution in [3.05, 3.63) is 46.0 Å². The number of hydrogen-bond donors (Lipinski definition) is 3. The highest BCUT2D eigenvalue weighted by Crippen LogP contribution is 2.14. The molecule has 94 valence electrons. The van der Waals surface area contributed by atoms with E-state index < -0.39 is 23.4 Å². The average Bonchev–Trinajstić information content (AvgIpc) is 2.31. The summed E-state index contributed by atoms with van der Waals surface area (Å²) in [5.74, 6) is -1.72. The molecule has 0 spiro atoms. The fourth-order valence-corrected chi connectivity index (χ4v) is 1.72. The molecule has 6 heteroatoms. The van der Waals surface area contributed by atoms with Gasteiger partial charge in [0.2, 0.25) is 0 Å². The lowest BCUT2D eigenvalue weighted by Crippen LogP contribution is -2.34. The maximum Gasteiger partial charge on any atom is 0.320 e. The van der Waals surface area contributed by atoms with Gasteiger partial charge in [-0.2, -0.15) is 0 Å². The molecule has 18 heavy (non-hydrogen) atoms. The summed E-state index contributed by atoms with van der Waals surface area (Å²) >= 11 is 0. The smallest absolute Gasteiger partial charge is 0.320 e. The molecule has 1 unspecified atom stereocenters. The first-order valence-corrected chi connectivity index (χ1v) is 5.28. The number of hydrogen-bond acceptors (Lipinski definition) is 3. The van der Waals surface area contributed by atoms with Crippen LogP contribution in [-0.4, -0.2) is 22.1 Å². The number of aromatic amines is 1. The predicted octanol–water partition coefficient (Wildman–Crippen LogP) is 0.622. The van der Waals surface area contributed by atoms with E-state index in [2.05, 4.69) is 4.98 Å². The molecule has 0 radical (unpaired) electrons. The monoisotopic (exact) mass is 250 g/mol. The van der Waals surface area contributed by atoms with E-state index in [1.165, 1.54) is 18.2 Å². The van der Waals surface area contributed by atoms with E-state index in [1.807, 2.05) is 0 Å². The zero-order chi connectivity index (χ0) is 13.3. The van der Waals surface area contributed by atoms with Gasteiger partial charge in [0.15, 0.2) is 0 Å². The van der Waals surface area contributed by atoms with Crippen molar-refractivity contribution in [1.82, 2.24) is 4.98 Å². The first kappa shape index (κ1) is 12.3. The molecular weight excluding hydrogens is 239 g/mol. The summed E-state index contributed by atoms with van der Waals surface area (Å²) in [7, 11) is 0. The molecule has 2 rings (SSSR count). The number of nitrogens with one attached hydrogen (secondary N) is 1. The molecule has 0 amide bonds. The molecule has 0 bridgehead atoms. The van der Waals surface area contributed by atoms with Gasteiger partial charge in [-0.15, -0.1) is 0 Å². The predicted molar refractivity (Wildman–Crippen MR) is 63.8 cm³/mol. The number of H-pyrrole nitrogens is 1. The van der Waals surface area contributed by atoms with E-state index in [-0.39, 0.29) is 17.5 Å². The Morgan fingerprint density at radius 1 is 1.50 bits per heavy atom. The molecule has 0 aliphatic carbocycles. The second-order valence-corrected chi connectivity index (χ2v) is 3.98. The van der Waals surface area contributed by atoms with Crippen LogP contribution in [0, 0.1) is 5.82 Å². The molecule has 0 aliphatic heterocycles. The van der Waals surface area contributed by atoms with E-state index in [0.717, 1.165) is 0 Å². The van der Waals surface area contributed by atoms with Crippen LogP contribution in [0.5, 0.6) is 0 Å². The zero-order valence-corrected chi connectivity index (χ0v) is 9.31. The molecule has 2 aromatic rings. The first-order chi connectivity index (χ1) is 8.49. The summed E-state index contributed by atoms with van der Waals surface area (Å²) in [6.45, 7) is 0. The Balaban J connectivity index is 2.50. The van der Waals surface area contributed by atoms with Crippen molar-refractivity contribution in [2.45, 2.75) is 12.5 Å². The lowest BCUT2D eigenvalue weighted by atomic mass is 10.1. The third-order valence-corrected chi connectivity index (χ3v) is 2.66. The largest absolute Gasteiger partial charge is 0.480 e. The van der Waals surface area contributed by atoms with E-state index in [9.17, 15) is 14.0 Å². The van der Waals surface area contributed by atoms with Crippen LogP contribution < -0.4 is 11.3 Å². The standard InChI is InChI=1S/C12H11FN2O3/c13-8-3-1-2-6-4-7(5-9(14)12(17)18)11(16)15-10(6)8/h1-4,9H,5,14H2,(H,15,16)(H,17,18). The molecular formula is C12H11FN2O3. The number of pyridine rings is 1. The zero-order valence-electron chi connectivity index (χ0n) is 9.31. The van der Waals surface area contributed by atoms with Gasteiger partial charge in [-0.1, -0.05) is 12.1 Å². The molecule has 1 aromatic carbocycles. The van der Waals surface area contributed by atoms with Gasteiger partial charge in [0.25, 0.3) is 5.56 Å². The summed E-state index contributed by atoms with van der Waals surface area (Å²) in [5, 5.41) is 9.20. The van der Waals surface area contributed by atoms with E-state index in [4.69, 9.17) is 10.8 Å². The minimum Gasteiger partial charge on any atom is -0.480 e. The molecule has 1 atom stereocenters. The molecule has 0 fully saturated rings. The topological polar surface area (TPSA) is 96.2 Å². The van der Waals surface area contributed by atoms with Crippen molar-refractivity contribution in [2.24, 2.45) is 5.73 Å². The lowest BCUT2D eigenvalue weighted by Gasteiger charge is -2.07. The first-order valence-electron chi connectivity index (χ1n) is 5.28. The number of rotatable bonds is 3. The summed E-state index contributed by atoms with van der Waals surface area (Å²) < 4.78 is 13.4. The van der Waals surface area contributed by atoms with Crippen LogP contribution in [0.1, 0.15) is 5.56 Å². The van der Waals surface area contributed by atoms with Gasteiger partial charge < -0.3 is 15.8 Å². The highest BCUT2D eigenvalue weighted by atomic mass is 19.1. The van der Waals surface area contributed by atoms with Gasteiger partial charge in [0.1, 0.15) is 11.9 Å². The molecule has 1 aromatic heterocycles. The molecule has 0 saturated carbocycles. The minimum absolute atomic E-state index is 0.100. The number of halogens is 1. The molecule has 4 N–H and O–H groups in total. The molecule has 1 heterocycles. The summed E-state index contributed by atoms with van der Waals surface area (Å²) in [6, 6.07) is 4.68. The van der Waals surface area contributed by atoms with Crippen LogP contribution in [0.15, 0.2) is 29.1 Å². The third-order valence-electron chi connectivity index (χ3n) is 2.66. The fourth-order valence-electron chi connectivity index (χ4n) is 1.72. The molecule has 0 saturated heterocycles. The summed E-state index contributed by atoms with van der Waals surface area (Å²) in [4.78, 5) is 24.7. The number of aromatic nitrogens is 1. The Kier molecular flexibility index (Phi) is 3.12. The van der Waals surface area contributed by atoms with Crippen LogP contribution in [0.2, 0.25) is 0 Å². The number of para-hydroxylation sites is 1. The van der Waals surface area contributed by atoms with E-state index >= 15 is 0 Å². The van der Waals surface area contributed by atoms with E-state index in [1.54, 1.807) is 6.07 Å². The number of carbonyl (C=O) groups is 1. The number of fused-ring (bicyclic) bond motifs is 1. The highest BCUT2D eigenvalue weighted by Gasteiger charge is 2.15. The second kappa shape index (κ2) is 4.58. The van der Waals surface area contributed by atoms with Gasteiger partial charge in [0, 0.05) is 17.4 Å². The number of benzene rings is 1. The Labute approximate surface area is 101 Å². The van der Waals surface area contributed by atoms with Crippen LogP contribution in [0.25, 0.3) is 10.9 Å². The second-order valence-electron chi connectivity index (χ2n) is 3.98. The van der Waals surface area contributed by atoms with Crippen molar-refractivity contribution in [1.29, 1.82) is 0 Å². The van der Waals surface area contributed by atoms with Gasteiger partial charge in [-0.3, -0.25) is 9.59 Å². The van der Waals surface area contributed by atoms with Crippen molar-refractivity contribution < 1.29 is 14.3 Å². The number of aliphatic carboxylic acids is 1. The maximum atomic E-state index is 13.4. The Hall–Kier alpha value is -2.21. The third kappa shape index (κ3) is 2.23. The van der Waals surface area contributed by atoms with Crippen molar-refractivity contribution in [3.63, 3.8) is 0 Å². The van der Waals surface area contributed by atoms with Crippen LogP contribution in [0.3, 0.4) is 0 Å². The maximum absolute atomic E-state index is 13.4. The number of carboxylic acids is 1. The SMILES string of the molecule is NC(Cc1cc2cccc(F)c2[nH]c1=O)C(=O)O. The number of nitrogens with two attached hydrogens (primary N) is 1. The van der Waals surface area contributed by atoms with Crippen LogP contribution >= 0.6 is 0 Å². The van der Waals surface area contributed by atoms with Crippen molar-refractivity contribution >= 4 is 16.9 Å². The minimum atomic E-state index is -1.19. The molecule has 5 nitrogen and oxygen atoms in total. The summed E-state index contributed by atoms with van der Waals surface area (Å²) in [6.07, 6.45) is -0.100. The Morgan fingerprint density at radius 3 is 2.89 bits per heavy atom. The fraction of sp³-hybridized carbons (Fsp3) is 0.167. The number of carboxylic acid groups (broad SMARTS) is 1. The normalized spacial score (nSPS) is 12.6. The molecule has 0 aliphatic rings.